The van der Waals surface area contributed by atoms with Crippen LogP contribution in [0.3, 0.4) is 0 Å². The molecule has 0 spiro atoms. The highest BCUT2D eigenvalue weighted by molar-refractivity contribution is 5.98. The Hall–Kier alpha value is -2.54. The number of anilines is 1. The number of aliphatic hydroxyl groups is 1. The van der Waals surface area contributed by atoms with Crippen LogP contribution in [0.1, 0.15) is 9.68 Å². The first-order chi connectivity index (χ1) is 11.9. The van der Waals surface area contributed by atoms with Gasteiger partial charge in [-0.25, -0.2) is 14.4 Å². The van der Waals surface area contributed by atoms with Crippen LogP contribution in [0.4, 0.5) is 10.3 Å². The Morgan fingerprint density at radius 2 is 2.18 bits per heavy atom. The second-order valence-electron chi connectivity index (χ2n) is 4.81. The maximum Gasteiger partial charge on any atom is 0.225 e. The number of hydrogen-bond donors (Lipinski definition) is 1. The molecule has 1 aliphatic rings. The molecule has 0 aliphatic carbocycles. The average molecular weight is 305 g/mol. The molecule has 22 heavy (non-hydrogen) atoms. The van der Waals surface area contributed by atoms with Crippen LogP contribution in [0.5, 0.6) is 0 Å². The number of hydrogen-bond acceptors (Lipinski definition) is 6. The largest absolute Gasteiger partial charge is 0.399 e. The quantitative estimate of drug-likeness (QED) is 0.869. The highest BCUT2D eigenvalue weighted by Gasteiger charge is 2.25. The van der Waals surface area contributed by atoms with E-state index in [2.05, 4.69) is 20.0 Å². The molecule has 114 valence electrons. The zero-order valence-corrected chi connectivity index (χ0v) is 11.5. The molecule has 0 saturated carbocycles. The van der Waals surface area contributed by atoms with E-state index in [-0.39, 0.29) is 12.2 Å². The molecule has 3 rings (SSSR count). The van der Waals surface area contributed by atoms with E-state index in [0.717, 1.165) is 0 Å². The first kappa shape index (κ1) is 11.1. The number of oxime groups is 1. The van der Waals surface area contributed by atoms with Crippen molar-refractivity contribution in [2.45, 2.75) is 6.61 Å². The topological polar surface area (TPSA) is 70.8 Å². The molecule has 0 unspecified atom stereocenters. The zero-order valence-electron chi connectivity index (χ0n) is 14.5. The van der Waals surface area contributed by atoms with E-state index in [1.54, 1.807) is 17.0 Å². The summed E-state index contributed by atoms with van der Waals surface area (Å²) in [5.41, 5.74) is 1.59. The Balaban J connectivity index is 1.68. The average Bonchev–Trinajstić information content (AvgIpc) is 2.53. The highest BCUT2D eigenvalue weighted by atomic mass is 19.1. The van der Waals surface area contributed by atoms with Crippen LogP contribution in [-0.2, 0) is 11.4 Å². The number of halogens is 1. The molecule has 1 aliphatic heterocycles. The molecule has 1 N–H and O–H groups in total. The molecular formula is C15H15FN4O2. The third kappa shape index (κ3) is 2.62. The van der Waals surface area contributed by atoms with Crippen LogP contribution in [0.25, 0.3) is 11.1 Å². The fourth-order valence-electron chi connectivity index (χ4n) is 2.21. The van der Waals surface area contributed by atoms with Gasteiger partial charge in [0, 0.05) is 29.1 Å². The van der Waals surface area contributed by atoms with Gasteiger partial charge in [-0.15, -0.1) is 0 Å². The van der Waals surface area contributed by atoms with Gasteiger partial charge in [-0.05, 0) is 0 Å². The van der Waals surface area contributed by atoms with Gasteiger partial charge in [0.1, 0.15) is 12.9 Å². The van der Waals surface area contributed by atoms with Gasteiger partial charge in [-0.1, -0.05) is 23.4 Å². The third-order valence-electron chi connectivity index (χ3n) is 3.40. The summed E-state index contributed by atoms with van der Waals surface area (Å²) < 4.78 is 35.0. The van der Waals surface area contributed by atoms with Gasteiger partial charge in [-0.3, -0.25) is 0 Å². The Labute approximate surface area is 131 Å². The molecule has 0 amide bonds. The molecule has 1 aromatic heterocycles. The van der Waals surface area contributed by atoms with Crippen molar-refractivity contribution >= 4 is 11.7 Å². The van der Waals surface area contributed by atoms with Crippen molar-refractivity contribution in [3.8, 4) is 11.1 Å². The minimum atomic E-state index is -2.56. The summed E-state index contributed by atoms with van der Waals surface area (Å²) in [4.78, 5) is 14.5. The van der Waals surface area contributed by atoms with Gasteiger partial charge in [-0.2, -0.15) is 0 Å². The smallest absolute Gasteiger partial charge is 0.225 e. The lowest BCUT2D eigenvalue weighted by molar-refractivity contribution is 0.211. The fourth-order valence-corrected chi connectivity index (χ4v) is 2.21. The van der Waals surface area contributed by atoms with Crippen LogP contribution >= 0.6 is 0 Å². The summed E-state index contributed by atoms with van der Waals surface area (Å²) in [6.45, 7) is 0.348. The molecule has 0 bridgehead atoms. The summed E-state index contributed by atoms with van der Waals surface area (Å²) in [6, 6.07) is 4.75. The number of aromatic nitrogens is 2. The van der Waals surface area contributed by atoms with Crippen molar-refractivity contribution in [3.63, 3.8) is 0 Å². The van der Waals surface area contributed by atoms with Gasteiger partial charge in [0.15, 0.2) is 0 Å². The summed E-state index contributed by atoms with van der Waals surface area (Å²) in [6.07, 6.45) is 2.99. The van der Waals surface area contributed by atoms with Crippen molar-refractivity contribution in [1.29, 1.82) is 0 Å². The van der Waals surface area contributed by atoms with Crippen LogP contribution in [0.15, 0.2) is 35.7 Å². The van der Waals surface area contributed by atoms with Crippen molar-refractivity contribution < 1.29 is 18.4 Å². The zero-order chi connectivity index (χ0) is 18.0. The minimum absolute atomic E-state index is 0.208. The molecule has 6 nitrogen and oxygen atoms in total. The third-order valence-corrected chi connectivity index (χ3v) is 3.40. The van der Waals surface area contributed by atoms with Crippen molar-refractivity contribution in [2.75, 3.05) is 25.0 Å². The molecule has 2 heterocycles. The van der Waals surface area contributed by atoms with E-state index < -0.39 is 12.9 Å². The van der Waals surface area contributed by atoms with Gasteiger partial charge < -0.3 is 14.8 Å². The molecule has 0 atom stereocenters. The van der Waals surface area contributed by atoms with E-state index in [4.69, 9.17) is 9.22 Å². The van der Waals surface area contributed by atoms with Crippen molar-refractivity contribution in [1.82, 2.24) is 9.97 Å². The standard InChI is InChI=1S/C15H15FN4O2/c1-22-19-12-7-20(8-12)15-17-5-11(6-18-15)13-4-2-3-10(9-21)14(13)16/h2-6,21H,7-9H2,1H3/i1D3. The van der Waals surface area contributed by atoms with E-state index in [1.807, 2.05) is 0 Å². The minimum Gasteiger partial charge on any atom is -0.399 e. The van der Waals surface area contributed by atoms with E-state index in [0.29, 0.717) is 35.9 Å². The van der Waals surface area contributed by atoms with E-state index in [1.165, 1.54) is 18.5 Å². The molecule has 7 heteroatoms. The normalized spacial score (nSPS) is 16.4. The molecule has 1 saturated heterocycles. The first-order valence-corrected chi connectivity index (χ1v) is 6.57. The van der Waals surface area contributed by atoms with Crippen LogP contribution in [0, 0.1) is 5.82 Å². The van der Waals surface area contributed by atoms with Crippen LogP contribution < -0.4 is 4.90 Å². The lowest BCUT2D eigenvalue weighted by Gasteiger charge is -2.31. The first-order valence-electron chi connectivity index (χ1n) is 8.07. The van der Waals surface area contributed by atoms with Crippen molar-refractivity contribution in [2.24, 2.45) is 5.16 Å². The van der Waals surface area contributed by atoms with E-state index in [9.17, 15) is 4.39 Å². The lowest BCUT2D eigenvalue weighted by atomic mass is 10.1. The monoisotopic (exact) mass is 305 g/mol. The number of benzene rings is 1. The molecule has 0 radical (unpaired) electrons. The van der Waals surface area contributed by atoms with Crippen LogP contribution in [0.2, 0.25) is 0 Å². The molecular weight excluding hydrogens is 287 g/mol. The number of nitrogens with zero attached hydrogens (tertiary/aromatic N) is 4. The Kier molecular flexibility index (Phi) is 3.06. The Morgan fingerprint density at radius 1 is 1.41 bits per heavy atom. The summed E-state index contributed by atoms with van der Waals surface area (Å²) in [5, 5.41) is 12.7. The van der Waals surface area contributed by atoms with Crippen molar-refractivity contribution in [3.05, 3.63) is 42.0 Å². The van der Waals surface area contributed by atoms with Gasteiger partial charge >= 0.3 is 0 Å². The summed E-state index contributed by atoms with van der Waals surface area (Å²) in [5.74, 6) is -0.0724. The van der Waals surface area contributed by atoms with E-state index >= 15 is 0 Å². The van der Waals surface area contributed by atoms with Gasteiger partial charge in [0.2, 0.25) is 5.95 Å². The second-order valence-corrected chi connectivity index (χ2v) is 4.81. The SMILES string of the molecule is [2H]C([2H])([2H])ON=C1CN(c2ncc(-c3cccc(CO)c3F)cn2)C1. The maximum absolute atomic E-state index is 14.2. The Bertz CT molecular complexity index is 788. The van der Waals surface area contributed by atoms with Crippen LogP contribution in [-0.4, -0.2) is 40.9 Å². The molecule has 1 fully saturated rings. The molecule has 1 aromatic carbocycles. The summed E-state index contributed by atoms with van der Waals surface area (Å²) >= 11 is 0. The second kappa shape index (κ2) is 6.07. The predicted octanol–water partition coefficient (Wildman–Crippen LogP) is 1.60. The molecule has 2 aromatic rings. The Morgan fingerprint density at radius 3 is 2.86 bits per heavy atom. The fraction of sp³-hybridized carbons (Fsp3) is 0.267. The predicted molar refractivity (Wildman–Crippen MR) is 80.0 cm³/mol. The number of rotatable bonds is 4. The van der Waals surface area contributed by atoms with Gasteiger partial charge in [0.05, 0.1) is 29.5 Å². The highest BCUT2D eigenvalue weighted by Crippen LogP contribution is 2.25. The maximum atomic E-state index is 14.2. The van der Waals surface area contributed by atoms with Gasteiger partial charge in [0.25, 0.3) is 0 Å². The lowest BCUT2D eigenvalue weighted by Crippen LogP contribution is -2.48. The number of aliphatic hydroxyl groups excluding tert-OH is 1. The summed E-state index contributed by atoms with van der Waals surface area (Å²) in [7, 11) is -2.56.